The van der Waals surface area contributed by atoms with Crippen molar-refractivity contribution in [2.75, 3.05) is 13.2 Å². The lowest BCUT2D eigenvalue weighted by molar-refractivity contribution is -0.161. The van der Waals surface area contributed by atoms with E-state index in [1.165, 1.54) is 57.8 Å². The molecule has 0 aromatic carbocycles. The van der Waals surface area contributed by atoms with E-state index >= 15 is 0 Å². The highest BCUT2D eigenvalue weighted by molar-refractivity contribution is 5.70. The van der Waals surface area contributed by atoms with E-state index in [0.717, 1.165) is 44.9 Å². The van der Waals surface area contributed by atoms with Crippen molar-refractivity contribution in [2.24, 2.45) is 0 Å². The third kappa shape index (κ3) is 20.2. The standard InChI is InChI=1S/C25H48O5/c1-3-5-7-9-10-11-12-13-14-15-16-18-20-25(28)30-23(21-26)22-29-24(27)19-17-8-6-4-2/h23,26H,3-22H2,1-2H3. The molecule has 5 heteroatoms. The third-order valence-electron chi connectivity index (χ3n) is 5.40. The fourth-order valence-corrected chi connectivity index (χ4v) is 3.43. The Morgan fingerprint density at radius 3 is 1.50 bits per heavy atom. The Morgan fingerprint density at radius 1 is 0.633 bits per heavy atom. The summed E-state index contributed by atoms with van der Waals surface area (Å²) in [5, 5.41) is 9.34. The molecular weight excluding hydrogens is 380 g/mol. The molecule has 0 spiro atoms. The highest BCUT2D eigenvalue weighted by atomic mass is 16.6. The molecule has 0 aromatic heterocycles. The van der Waals surface area contributed by atoms with Crippen molar-refractivity contribution in [3.05, 3.63) is 0 Å². The van der Waals surface area contributed by atoms with Crippen LogP contribution in [-0.4, -0.2) is 36.4 Å². The molecule has 0 bridgehead atoms. The zero-order valence-electron chi connectivity index (χ0n) is 19.8. The van der Waals surface area contributed by atoms with E-state index in [1.54, 1.807) is 0 Å². The Kier molecular flexibility index (Phi) is 21.8. The molecular formula is C25H48O5. The lowest BCUT2D eigenvalue weighted by Crippen LogP contribution is -2.28. The second-order valence-electron chi connectivity index (χ2n) is 8.43. The van der Waals surface area contributed by atoms with E-state index < -0.39 is 6.10 Å². The molecule has 0 heterocycles. The summed E-state index contributed by atoms with van der Waals surface area (Å²) in [5.74, 6) is -0.610. The van der Waals surface area contributed by atoms with Crippen LogP contribution in [0.5, 0.6) is 0 Å². The van der Waals surface area contributed by atoms with Crippen molar-refractivity contribution < 1.29 is 24.2 Å². The van der Waals surface area contributed by atoms with Crippen molar-refractivity contribution in [1.29, 1.82) is 0 Å². The number of aliphatic hydroxyl groups is 1. The first-order valence-electron chi connectivity index (χ1n) is 12.6. The monoisotopic (exact) mass is 428 g/mol. The Balaban J connectivity index is 3.56. The molecule has 1 unspecified atom stereocenters. The molecule has 0 saturated carbocycles. The summed E-state index contributed by atoms with van der Waals surface area (Å²) >= 11 is 0. The molecule has 0 rings (SSSR count). The first-order valence-corrected chi connectivity index (χ1v) is 12.6. The molecule has 178 valence electrons. The van der Waals surface area contributed by atoms with Gasteiger partial charge < -0.3 is 14.6 Å². The second kappa shape index (κ2) is 22.6. The van der Waals surface area contributed by atoms with Crippen molar-refractivity contribution in [2.45, 2.75) is 136 Å². The normalized spacial score (nSPS) is 12.0. The number of hydrogen-bond donors (Lipinski definition) is 1. The van der Waals surface area contributed by atoms with Crippen molar-refractivity contribution in [1.82, 2.24) is 0 Å². The van der Waals surface area contributed by atoms with Crippen molar-refractivity contribution in [3.8, 4) is 0 Å². The maximum Gasteiger partial charge on any atom is 0.306 e. The Bertz CT molecular complexity index is 397. The van der Waals surface area contributed by atoms with Gasteiger partial charge in [-0.1, -0.05) is 104 Å². The van der Waals surface area contributed by atoms with E-state index in [1.807, 2.05) is 0 Å². The van der Waals surface area contributed by atoms with Gasteiger partial charge >= 0.3 is 11.9 Å². The molecule has 0 aliphatic heterocycles. The van der Waals surface area contributed by atoms with Crippen LogP contribution in [0.15, 0.2) is 0 Å². The van der Waals surface area contributed by atoms with Crippen LogP contribution >= 0.6 is 0 Å². The maximum atomic E-state index is 11.9. The van der Waals surface area contributed by atoms with E-state index in [9.17, 15) is 14.7 Å². The Hall–Kier alpha value is -1.10. The highest BCUT2D eigenvalue weighted by Crippen LogP contribution is 2.13. The van der Waals surface area contributed by atoms with Crippen LogP contribution in [-0.2, 0) is 19.1 Å². The van der Waals surface area contributed by atoms with Gasteiger partial charge in [0.15, 0.2) is 6.10 Å². The van der Waals surface area contributed by atoms with Crippen LogP contribution in [0.1, 0.15) is 129 Å². The predicted molar refractivity (Wildman–Crippen MR) is 122 cm³/mol. The zero-order chi connectivity index (χ0) is 22.3. The molecule has 1 atom stereocenters. The first kappa shape index (κ1) is 28.9. The van der Waals surface area contributed by atoms with Gasteiger partial charge in [0.1, 0.15) is 6.61 Å². The second-order valence-corrected chi connectivity index (χ2v) is 8.43. The summed E-state index contributed by atoms with van der Waals surface area (Å²) in [6, 6.07) is 0. The molecule has 0 radical (unpaired) electrons. The number of aliphatic hydroxyl groups excluding tert-OH is 1. The van der Waals surface area contributed by atoms with Gasteiger partial charge in [-0.3, -0.25) is 9.59 Å². The number of esters is 2. The third-order valence-corrected chi connectivity index (χ3v) is 5.40. The van der Waals surface area contributed by atoms with Crippen LogP contribution < -0.4 is 0 Å². The quantitative estimate of drug-likeness (QED) is 0.157. The number of ether oxygens (including phenoxy) is 2. The zero-order valence-corrected chi connectivity index (χ0v) is 19.8. The van der Waals surface area contributed by atoms with Gasteiger partial charge in [-0.2, -0.15) is 0 Å². The molecule has 30 heavy (non-hydrogen) atoms. The molecule has 0 fully saturated rings. The minimum Gasteiger partial charge on any atom is -0.462 e. The molecule has 0 aromatic rings. The average molecular weight is 429 g/mol. The van der Waals surface area contributed by atoms with Crippen LogP contribution in [0, 0.1) is 0 Å². The summed E-state index contributed by atoms with van der Waals surface area (Å²) in [7, 11) is 0. The molecule has 1 N–H and O–H groups in total. The summed E-state index contributed by atoms with van der Waals surface area (Å²) in [6.07, 6.45) is 19.0. The molecule has 0 saturated heterocycles. The SMILES string of the molecule is CCCCCCCCCCCCCCC(=O)OC(CO)COC(=O)CCCCCC. The van der Waals surface area contributed by atoms with Gasteiger partial charge in [0, 0.05) is 12.8 Å². The van der Waals surface area contributed by atoms with Gasteiger partial charge in [-0.15, -0.1) is 0 Å². The number of unbranched alkanes of at least 4 members (excludes halogenated alkanes) is 14. The van der Waals surface area contributed by atoms with Gasteiger partial charge in [0.25, 0.3) is 0 Å². The van der Waals surface area contributed by atoms with Gasteiger partial charge in [0.2, 0.25) is 0 Å². The van der Waals surface area contributed by atoms with E-state index in [4.69, 9.17) is 9.47 Å². The number of rotatable bonds is 22. The van der Waals surface area contributed by atoms with Crippen LogP contribution in [0.2, 0.25) is 0 Å². The maximum absolute atomic E-state index is 11.9. The summed E-state index contributed by atoms with van der Waals surface area (Å²) in [6.45, 7) is 3.98. The average Bonchev–Trinajstić information content (AvgIpc) is 2.74. The fraction of sp³-hybridized carbons (Fsp3) is 0.920. The van der Waals surface area contributed by atoms with Crippen molar-refractivity contribution >= 4 is 11.9 Å². The highest BCUT2D eigenvalue weighted by Gasteiger charge is 2.15. The molecule has 0 aliphatic carbocycles. The molecule has 0 aliphatic rings. The summed E-state index contributed by atoms with van der Waals surface area (Å²) in [5.41, 5.74) is 0. The Morgan fingerprint density at radius 2 is 1.03 bits per heavy atom. The smallest absolute Gasteiger partial charge is 0.306 e. The van der Waals surface area contributed by atoms with Gasteiger partial charge in [0.05, 0.1) is 6.61 Å². The van der Waals surface area contributed by atoms with E-state index in [-0.39, 0.29) is 25.2 Å². The fourth-order valence-electron chi connectivity index (χ4n) is 3.43. The van der Waals surface area contributed by atoms with Gasteiger partial charge in [-0.25, -0.2) is 0 Å². The molecule has 0 amide bonds. The largest absolute Gasteiger partial charge is 0.462 e. The van der Waals surface area contributed by atoms with E-state index in [0.29, 0.717) is 12.8 Å². The summed E-state index contributed by atoms with van der Waals surface area (Å²) < 4.78 is 10.3. The number of carbonyl (C=O) groups is 2. The van der Waals surface area contributed by atoms with Gasteiger partial charge in [-0.05, 0) is 12.8 Å². The predicted octanol–water partition coefficient (Wildman–Crippen LogP) is 6.50. The number of hydrogen-bond acceptors (Lipinski definition) is 5. The lowest BCUT2D eigenvalue weighted by Gasteiger charge is -2.15. The van der Waals surface area contributed by atoms with Crippen LogP contribution in [0.25, 0.3) is 0 Å². The van der Waals surface area contributed by atoms with Crippen LogP contribution in [0.4, 0.5) is 0 Å². The minimum absolute atomic E-state index is 0.0622. The van der Waals surface area contributed by atoms with Crippen LogP contribution in [0.3, 0.4) is 0 Å². The lowest BCUT2D eigenvalue weighted by atomic mass is 10.0. The molecule has 5 nitrogen and oxygen atoms in total. The van der Waals surface area contributed by atoms with Crippen molar-refractivity contribution in [3.63, 3.8) is 0 Å². The Labute approximate surface area is 185 Å². The minimum atomic E-state index is -0.755. The van der Waals surface area contributed by atoms with E-state index in [2.05, 4.69) is 13.8 Å². The summed E-state index contributed by atoms with van der Waals surface area (Å²) in [4.78, 5) is 23.6. The first-order chi connectivity index (χ1) is 14.6. The topological polar surface area (TPSA) is 72.8 Å². The number of carbonyl (C=O) groups excluding carboxylic acids is 2.